The number of sulfonamides is 1. The number of benzene rings is 5. The molecule has 0 saturated carbocycles. The molecular formula is C39H34ClFN4O6S. The zero-order chi connectivity index (χ0) is 36.4. The molecular weight excluding hydrogens is 707 g/mol. The van der Waals surface area contributed by atoms with E-state index >= 15 is 0 Å². The van der Waals surface area contributed by atoms with Crippen LogP contribution in [0.25, 0.3) is 10.8 Å². The van der Waals surface area contributed by atoms with E-state index in [9.17, 15) is 22.4 Å². The monoisotopic (exact) mass is 740 g/mol. The molecule has 13 heteroatoms. The van der Waals surface area contributed by atoms with Crippen LogP contribution >= 0.6 is 11.6 Å². The number of anilines is 1. The maximum atomic E-state index is 13.7. The molecule has 1 unspecified atom stereocenters. The van der Waals surface area contributed by atoms with Crippen LogP contribution in [-0.2, 0) is 19.6 Å². The molecule has 2 aliphatic heterocycles. The van der Waals surface area contributed by atoms with E-state index < -0.39 is 34.5 Å². The summed E-state index contributed by atoms with van der Waals surface area (Å²) in [5.74, 6) is -1.12. The van der Waals surface area contributed by atoms with E-state index in [1.54, 1.807) is 19.2 Å². The van der Waals surface area contributed by atoms with E-state index in [1.807, 2.05) is 71.6 Å². The lowest BCUT2D eigenvalue weighted by atomic mass is 9.97. The second-order valence-electron chi connectivity index (χ2n) is 12.4. The van der Waals surface area contributed by atoms with Crippen molar-refractivity contribution in [1.82, 2.24) is 9.31 Å². The molecule has 2 heterocycles. The summed E-state index contributed by atoms with van der Waals surface area (Å²) in [5, 5.41) is 8.12. The van der Waals surface area contributed by atoms with Crippen molar-refractivity contribution in [2.24, 2.45) is 5.10 Å². The standard InChI is InChI=1S/C39H34ClFN4O6S/c1-50-33-15-8-27(9-16-33)36-24-35(29-7-6-26-4-2-3-5-28(26)22-29)42-45(36)38(46)25-51-39(47)30-10-17-34(40)37(23-30)52(48,49)44-20-18-43(19-21-44)32-13-11-31(41)12-14-32/h2-17,22-23,36H,18-21,24-25H2,1H3. The summed E-state index contributed by atoms with van der Waals surface area (Å²) >= 11 is 6.36. The van der Waals surface area contributed by atoms with Gasteiger partial charge in [-0.3, -0.25) is 4.79 Å². The average Bonchev–Trinajstić information content (AvgIpc) is 3.63. The lowest BCUT2D eigenvalue weighted by molar-refractivity contribution is -0.136. The van der Waals surface area contributed by atoms with Crippen LogP contribution in [0.2, 0.25) is 5.02 Å². The van der Waals surface area contributed by atoms with Crippen molar-refractivity contribution in [3.8, 4) is 5.75 Å². The van der Waals surface area contributed by atoms with Crippen LogP contribution in [0.4, 0.5) is 10.1 Å². The van der Waals surface area contributed by atoms with Crippen LogP contribution in [0, 0.1) is 5.82 Å². The van der Waals surface area contributed by atoms with Crippen LogP contribution in [0.1, 0.15) is 33.9 Å². The fourth-order valence-corrected chi connectivity index (χ4v) is 8.37. The molecule has 52 heavy (non-hydrogen) atoms. The number of esters is 1. The molecule has 0 bridgehead atoms. The molecule has 0 aromatic heterocycles. The zero-order valence-corrected chi connectivity index (χ0v) is 29.7. The molecule has 5 aromatic carbocycles. The number of halogens is 2. The van der Waals surface area contributed by atoms with Crippen LogP contribution in [0.15, 0.2) is 119 Å². The number of fused-ring (bicyclic) bond motifs is 1. The van der Waals surface area contributed by atoms with Crippen molar-refractivity contribution in [2.45, 2.75) is 17.4 Å². The first-order valence-electron chi connectivity index (χ1n) is 16.6. The second-order valence-corrected chi connectivity index (χ2v) is 14.7. The van der Waals surface area contributed by atoms with E-state index in [0.717, 1.165) is 27.6 Å². The maximum Gasteiger partial charge on any atom is 0.338 e. The minimum atomic E-state index is -4.09. The first kappa shape index (κ1) is 35.1. The SMILES string of the molecule is COc1ccc(C2CC(c3ccc4ccccc4c3)=NN2C(=O)COC(=O)c2ccc(Cl)c(S(=O)(=O)N3CCN(c4ccc(F)cc4)CC3)c2)cc1. The first-order valence-corrected chi connectivity index (χ1v) is 18.4. The van der Waals surface area contributed by atoms with Gasteiger partial charge in [-0.25, -0.2) is 22.6 Å². The number of hydrogen-bond acceptors (Lipinski definition) is 8. The molecule has 0 N–H and O–H groups in total. The summed E-state index contributed by atoms with van der Waals surface area (Å²) in [7, 11) is -2.51. The Morgan fingerprint density at radius 2 is 1.58 bits per heavy atom. The molecule has 1 saturated heterocycles. The quantitative estimate of drug-likeness (QED) is 0.155. The maximum absolute atomic E-state index is 13.7. The number of carbonyl (C=O) groups excluding carboxylic acids is 2. The van der Waals surface area contributed by atoms with Crippen LogP contribution in [0.5, 0.6) is 5.75 Å². The Hall–Kier alpha value is -5.30. The van der Waals surface area contributed by atoms with Crippen molar-refractivity contribution in [3.05, 3.63) is 137 Å². The summed E-state index contributed by atoms with van der Waals surface area (Å²) in [6.45, 7) is 0.450. The fourth-order valence-electron chi connectivity index (χ4n) is 6.45. The van der Waals surface area contributed by atoms with Crippen molar-refractivity contribution >= 4 is 55.7 Å². The Labute approximate surface area is 305 Å². The molecule has 10 nitrogen and oxygen atoms in total. The summed E-state index contributed by atoms with van der Waals surface area (Å²) < 4.78 is 52.8. The lowest BCUT2D eigenvalue weighted by Crippen LogP contribution is -2.48. The second kappa shape index (κ2) is 14.7. The highest BCUT2D eigenvalue weighted by Gasteiger charge is 2.35. The molecule has 0 radical (unpaired) electrons. The normalized spacial score (nSPS) is 16.5. The summed E-state index contributed by atoms with van der Waals surface area (Å²) in [4.78, 5) is 28.7. The van der Waals surface area contributed by atoms with Gasteiger partial charge in [0, 0.05) is 38.3 Å². The minimum Gasteiger partial charge on any atom is -0.497 e. The number of nitrogens with zero attached hydrogens (tertiary/aromatic N) is 4. The van der Waals surface area contributed by atoms with E-state index in [4.69, 9.17) is 26.2 Å². The molecule has 266 valence electrons. The highest BCUT2D eigenvalue weighted by molar-refractivity contribution is 7.89. The van der Waals surface area contributed by atoms with Gasteiger partial charge in [-0.15, -0.1) is 0 Å². The van der Waals surface area contributed by atoms with Gasteiger partial charge in [0.15, 0.2) is 6.61 Å². The lowest BCUT2D eigenvalue weighted by Gasteiger charge is -2.35. The van der Waals surface area contributed by atoms with Gasteiger partial charge in [-0.2, -0.15) is 9.41 Å². The Morgan fingerprint density at radius 1 is 0.865 bits per heavy atom. The van der Waals surface area contributed by atoms with Crippen LogP contribution in [0.3, 0.4) is 0 Å². The molecule has 7 rings (SSSR count). The van der Waals surface area contributed by atoms with Gasteiger partial charge in [0.2, 0.25) is 10.0 Å². The number of hydrazone groups is 1. The summed E-state index contributed by atoms with van der Waals surface area (Å²) in [6, 6.07) is 30.7. The molecule has 1 atom stereocenters. The van der Waals surface area contributed by atoms with Crippen molar-refractivity contribution in [2.75, 3.05) is 44.8 Å². The Bertz CT molecular complexity index is 2280. The summed E-state index contributed by atoms with van der Waals surface area (Å²) in [5.41, 5.74) is 3.12. The fraction of sp³-hybridized carbons (Fsp3) is 0.205. The predicted octanol–water partition coefficient (Wildman–Crippen LogP) is 6.69. The van der Waals surface area contributed by atoms with E-state index in [0.29, 0.717) is 31.0 Å². The number of carbonyl (C=O) groups is 2. The van der Waals surface area contributed by atoms with E-state index in [1.165, 1.54) is 39.6 Å². The van der Waals surface area contributed by atoms with Gasteiger partial charge in [0.05, 0.1) is 29.4 Å². The third kappa shape index (κ3) is 7.22. The third-order valence-corrected chi connectivity index (χ3v) is 11.7. The molecule has 1 amide bonds. The Balaban J connectivity index is 1.06. The molecule has 0 aliphatic carbocycles. The molecule has 5 aromatic rings. The van der Waals surface area contributed by atoms with Crippen molar-refractivity contribution < 1.29 is 31.9 Å². The Morgan fingerprint density at radius 3 is 2.29 bits per heavy atom. The number of piperazine rings is 1. The smallest absolute Gasteiger partial charge is 0.338 e. The largest absolute Gasteiger partial charge is 0.497 e. The predicted molar refractivity (Wildman–Crippen MR) is 197 cm³/mol. The zero-order valence-electron chi connectivity index (χ0n) is 28.1. The molecule has 0 spiro atoms. The van der Waals surface area contributed by atoms with Gasteiger partial charge in [-0.1, -0.05) is 60.1 Å². The number of rotatable bonds is 9. The number of ether oxygens (including phenoxy) is 2. The highest BCUT2D eigenvalue weighted by Crippen LogP contribution is 2.35. The average molecular weight is 741 g/mol. The number of amides is 1. The highest BCUT2D eigenvalue weighted by atomic mass is 35.5. The van der Waals surface area contributed by atoms with Gasteiger partial charge in [-0.05, 0) is 82.6 Å². The minimum absolute atomic E-state index is 0.0523. The number of methoxy groups -OCH3 is 1. The summed E-state index contributed by atoms with van der Waals surface area (Å²) in [6.07, 6.45) is 0.431. The number of hydrogen-bond donors (Lipinski definition) is 0. The van der Waals surface area contributed by atoms with Gasteiger partial charge in [0.25, 0.3) is 5.91 Å². The first-order chi connectivity index (χ1) is 25.1. The van der Waals surface area contributed by atoms with Gasteiger partial charge < -0.3 is 14.4 Å². The van der Waals surface area contributed by atoms with Crippen molar-refractivity contribution in [3.63, 3.8) is 0 Å². The molecule has 2 aliphatic rings. The van der Waals surface area contributed by atoms with Crippen LogP contribution < -0.4 is 9.64 Å². The van der Waals surface area contributed by atoms with Crippen LogP contribution in [-0.4, -0.2) is 75.2 Å². The topological polar surface area (TPSA) is 109 Å². The van der Waals surface area contributed by atoms with Gasteiger partial charge in [0.1, 0.15) is 16.5 Å². The van der Waals surface area contributed by atoms with Gasteiger partial charge >= 0.3 is 5.97 Å². The van der Waals surface area contributed by atoms with E-state index in [-0.39, 0.29) is 34.4 Å². The van der Waals surface area contributed by atoms with Crippen molar-refractivity contribution in [1.29, 1.82) is 0 Å². The third-order valence-electron chi connectivity index (χ3n) is 9.29. The van der Waals surface area contributed by atoms with E-state index in [2.05, 4.69) is 0 Å². The molecule has 1 fully saturated rings. The Kier molecular flexibility index (Phi) is 9.96.